The number of benzene rings is 3. The summed E-state index contributed by atoms with van der Waals surface area (Å²) >= 11 is 0. The molecule has 0 fully saturated rings. The van der Waals surface area contributed by atoms with Gasteiger partial charge in [0, 0.05) is 11.8 Å². The van der Waals surface area contributed by atoms with Gasteiger partial charge in [0.2, 0.25) is 5.78 Å². The Balaban J connectivity index is 1.68. The number of methoxy groups -OCH3 is 2. The van der Waals surface area contributed by atoms with Crippen LogP contribution in [-0.4, -0.2) is 41.0 Å². The summed E-state index contributed by atoms with van der Waals surface area (Å²) in [5, 5.41) is 0. The molecule has 0 aliphatic rings. The quantitative estimate of drug-likeness (QED) is 0.304. The average Bonchev–Trinajstić information content (AvgIpc) is 2.86. The Morgan fingerprint density at radius 2 is 1.57 bits per heavy atom. The summed E-state index contributed by atoms with van der Waals surface area (Å²) < 4.78 is 44.2. The SMILES string of the molecule is COc1ccc(C(=O)COC(=O)c2ccc(NS(=O)(=O)c3cc(C(C)(C)C)ccc3C)cc2)c(OC)c1. The maximum absolute atomic E-state index is 13.1. The number of ether oxygens (including phenoxy) is 3. The number of nitrogens with one attached hydrogen (secondary N) is 1. The lowest BCUT2D eigenvalue weighted by molar-refractivity contribution is 0.0474. The predicted octanol–water partition coefficient (Wildman–Crippen LogP) is 5.15. The first-order chi connectivity index (χ1) is 17.4. The number of esters is 1. The van der Waals surface area contributed by atoms with Crippen molar-refractivity contribution in [2.24, 2.45) is 0 Å². The first-order valence-electron chi connectivity index (χ1n) is 11.5. The van der Waals surface area contributed by atoms with E-state index in [9.17, 15) is 18.0 Å². The van der Waals surface area contributed by atoms with Crippen LogP contribution < -0.4 is 14.2 Å². The minimum absolute atomic E-state index is 0.170. The van der Waals surface area contributed by atoms with Gasteiger partial charge in [0.15, 0.2) is 6.61 Å². The highest BCUT2D eigenvalue weighted by Gasteiger charge is 2.22. The smallest absolute Gasteiger partial charge is 0.338 e. The van der Waals surface area contributed by atoms with Gasteiger partial charge in [-0.2, -0.15) is 0 Å². The predicted molar refractivity (Wildman–Crippen MR) is 141 cm³/mol. The number of anilines is 1. The molecule has 0 spiro atoms. The number of rotatable bonds is 9. The van der Waals surface area contributed by atoms with Crippen LogP contribution in [0.15, 0.2) is 65.6 Å². The standard InChI is InChI=1S/C28H31NO7S/c1-18-7-10-20(28(2,3)4)15-26(18)37(32,33)29-21-11-8-19(9-12-21)27(31)36-17-24(30)23-14-13-22(34-5)16-25(23)35-6/h7-16,29H,17H2,1-6H3. The fourth-order valence-electron chi connectivity index (χ4n) is 3.56. The highest BCUT2D eigenvalue weighted by atomic mass is 32.2. The van der Waals surface area contributed by atoms with Crippen molar-refractivity contribution in [3.8, 4) is 11.5 Å². The topological polar surface area (TPSA) is 108 Å². The first kappa shape index (κ1) is 27.7. The maximum Gasteiger partial charge on any atom is 0.338 e. The Hall–Kier alpha value is -3.85. The third-order valence-corrected chi connectivity index (χ3v) is 7.28. The zero-order valence-corrected chi connectivity index (χ0v) is 22.6. The van der Waals surface area contributed by atoms with Gasteiger partial charge in [-0.05, 0) is 65.9 Å². The lowest BCUT2D eigenvalue weighted by atomic mass is 9.87. The Bertz CT molecular complexity index is 1410. The van der Waals surface area contributed by atoms with Crippen LogP contribution in [0.2, 0.25) is 0 Å². The number of hydrogen-bond acceptors (Lipinski definition) is 7. The Labute approximate surface area is 217 Å². The summed E-state index contributed by atoms with van der Waals surface area (Å²) in [6.45, 7) is 7.29. The lowest BCUT2D eigenvalue weighted by Gasteiger charge is -2.21. The molecule has 1 N–H and O–H groups in total. The van der Waals surface area contributed by atoms with Crippen LogP contribution in [0.4, 0.5) is 5.69 Å². The van der Waals surface area contributed by atoms with Gasteiger partial charge >= 0.3 is 5.97 Å². The molecule has 0 aliphatic heterocycles. The molecular formula is C28H31NO7S. The van der Waals surface area contributed by atoms with Gasteiger partial charge in [-0.15, -0.1) is 0 Å². The van der Waals surface area contributed by atoms with Crippen LogP contribution in [0, 0.1) is 6.92 Å². The molecule has 0 atom stereocenters. The van der Waals surface area contributed by atoms with Crippen molar-refractivity contribution in [2.75, 3.05) is 25.5 Å². The first-order valence-corrected chi connectivity index (χ1v) is 13.0. The van der Waals surface area contributed by atoms with E-state index in [-0.39, 0.29) is 27.1 Å². The minimum Gasteiger partial charge on any atom is -0.497 e. The second-order valence-corrected chi connectivity index (χ2v) is 11.1. The van der Waals surface area contributed by atoms with Gasteiger partial charge in [0.05, 0.1) is 30.2 Å². The van der Waals surface area contributed by atoms with Gasteiger partial charge in [0.1, 0.15) is 11.5 Å². The number of carbonyl (C=O) groups is 2. The van der Waals surface area contributed by atoms with Gasteiger partial charge in [-0.3, -0.25) is 9.52 Å². The van der Waals surface area contributed by atoms with E-state index in [4.69, 9.17) is 14.2 Å². The number of sulfonamides is 1. The van der Waals surface area contributed by atoms with E-state index >= 15 is 0 Å². The molecule has 0 aliphatic carbocycles. The second kappa shape index (κ2) is 11.0. The monoisotopic (exact) mass is 525 g/mol. The Morgan fingerprint density at radius 3 is 2.16 bits per heavy atom. The summed E-state index contributed by atoms with van der Waals surface area (Å²) in [6.07, 6.45) is 0. The molecule has 3 aromatic carbocycles. The van der Waals surface area contributed by atoms with Crippen molar-refractivity contribution in [1.82, 2.24) is 0 Å². The molecule has 0 radical (unpaired) electrons. The molecule has 0 heterocycles. The minimum atomic E-state index is -3.86. The fourth-order valence-corrected chi connectivity index (χ4v) is 4.89. The number of Topliss-reactive ketones (excluding diaryl/α,β-unsaturated/α-hetero) is 1. The molecule has 0 saturated carbocycles. The molecule has 8 nitrogen and oxygen atoms in total. The molecule has 0 saturated heterocycles. The average molecular weight is 526 g/mol. The number of aryl methyl sites for hydroxylation is 1. The summed E-state index contributed by atoms with van der Waals surface area (Å²) in [4.78, 5) is 25.2. The van der Waals surface area contributed by atoms with Crippen LogP contribution in [0.1, 0.15) is 52.6 Å². The second-order valence-electron chi connectivity index (χ2n) is 9.48. The summed E-state index contributed by atoms with van der Waals surface area (Å²) in [7, 11) is -0.929. The lowest BCUT2D eigenvalue weighted by Crippen LogP contribution is -2.17. The van der Waals surface area contributed by atoms with Crippen LogP contribution in [0.25, 0.3) is 0 Å². The number of ketones is 1. The zero-order valence-electron chi connectivity index (χ0n) is 21.7. The van der Waals surface area contributed by atoms with Crippen molar-refractivity contribution in [3.63, 3.8) is 0 Å². The van der Waals surface area contributed by atoms with Crippen molar-refractivity contribution >= 4 is 27.5 Å². The third kappa shape index (κ3) is 6.68. The molecule has 0 amide bonds. The number of hydrogen-bond donors (Lipinski definition) is 1. The van der Waals surface area contributed by atoms with E-state index in [2.05, 4.69) is 4.72 Å². The van der Waals surface area contributed by atoms with E-state index < -0.39 is 28.4 Å². The summed E-state index contributed by atoms with van der Waals surface area (Å²) in [5.41, 5.74) is 2.03. The van der Waals surface area contributed by atoms with E-state index in [0.717, 1.165) is 5.56 Å². The highest BCUT2D eigenvalue weighted by Crippen LogP contribution is 2.28. The molecule has 0 bridgehead atoms. The van der Waals surface area contributed by atoms with Gasteiger partial charge in [-0.1, -0.05) is 32.9 Å². The fraction of sp³-hybridized carbons (Fsp3) is 0.286. The molecule has 9 heteroatoms. The molecule has 3 rings (SSSR count). The third-order valence-electron chi connectivity index (χ3n) is 5.76. The Kier molecular flexibility index (Phi) is 8.28. The van der Waals surface area contributed by atoms with Crippen molar-refractivity contribution in [3.05, 3.63) is 82.9 Å². The van der Waals surface area contributed by atoms with Crippen molar-refractivity contribution in [1.29, 1.82) is 0 Å². The summed E-state index contributed by atoms with van der Waals surface area (Å²) in [6, 6.07) is 15.9. The van der Waals surface area contributed by atoms with Gasteiger partial charge in [-0.25, -0.2) is 13.2 Å². The van der Waals surface area contributed by atoms with Crippen molar-refractivity contribution in [2.45, 2.75) is 38.0 Å². The van der Waals surface area contributed by atoms with E-state index in [1.807, 2.05) is 26.8 Å². The molecular weight excluding hydrogens is 494 g/mol. The Morgan fingerprint density at radius 1 is 0.892 bits per heavy atom. The molecule has 0 unspecified atom stereocenters. The van der Waals surface area contributed by atoms with Gasteiger partial charge in [0.25, 0.3) is 10.0 Å². The van der Waals surface area contributed by atoms with Crippen LogP contribution in [0.3, 0.4) is 0 Å². The van der Waals surface area contributed by atoms with E-state index in [1.165, 1.54) is 44.6 Å². The van der Waals surface area contributed by atoms with E-state index in [0.29, 0.717) is 17.1 Å². The highest BCUT2D eigenvalue weighted by molar-refractivity contribution is 7.92. The van der Waals surface area contributed by atoms with Gasteiger partial charge < -0.3 is 14.2 Å². The largest absolute Gasteiger partial charge is 0.497 e. The summed E-state index contributed by atoms with van der Waals surface area (Å²) in [5.74, 6) is -0.326. The molecule has 3 aromatic rings. The van der Waals surface area contributed by atoms with Crippen LogP contribution in [0.5, 0.6) is 11.5 Å². The zero-order chi connectivity index (χ0) is 27.4. The van der Waals surface area contributed by atoms with Crippen LogP contribution in [-0.2, 0) is 20.2 Å². The van der Waals surface area contributed by atoms with Crippen molar-refractivity contribution < 1.29 is 32.2 Å². The number of carbonyl (C=O) groups excluding carboxylic acids is 2. The molecule has 37 heavy (non-hydrogen) atoms. The van der Waals surface area contributed by atoms with E-state index in [1.54, 1.807) is 31.2 Å². The molecule has 0 aromatic heterocycles. The molecule has 196 valence electrons. The normalized spacial score (nSPS) is 11.5. The van der Waals surface area contributed by atoms with Crippen LogP contribution >= 0.6 is 0 Å². The maximum atomic E-state index is 13.1.